The average Bonchev–Trinajstić information content (AvgIpc) is 3.17. The molecule has 1 unspecified atom stereocenters. The summed E-state index contributed by atoms with van der Waals surface area (Å²) in [6.45, 7) is 7.26. The van der Waals surface area contributed by atoms with Crippen LogP contribution in [0.5, 0.6) is 0 Å². The first-order valence-electron chi connectivity index (χ1n) is 11.1. The molecule has 1 aliphatic rings. The van der Waals surface area contributed by atoms with Gasteiger partial charge in [0.05, 0.1) is 0 Å². The summed E-state index contributed by atoms with van der Waals surface area (Å²) >= 11 is 0. The van der Waals surface area contributed by atoms with E-state index in [9.17, 15) is 0 Å². The zero-order chi connectivity index (χ0) is 21.4. The second-order valence-corrected chi connectivity index (χ2v) is 9.37. The van der Waals surface area contributed by atoms with E-state index in [-0.39, 0.29) is 58.0 Å². The summed E-state index contributed by atoms with van der Waals surface area (Å²) in [5, 5.41) is 7.63. The van der Waals surface area contributed by atoms with Gasteiger partial charge in [-0.2, -0.15) is 0 Å². The minimum absolute atomic E-state index is 0. The van der Waals surface area contributed by atoms with E-state index in [0.29, 0.717) is 0 Å². The summed E-state index contributed by atoms with van der Waals surface area (Å²) < 4.78 is 0. The Hall–Kier alpha value is -1.87. The number of fused-ring (bicyclic) bond motifs is 2. The van der Waals surface area contributed by atoms with Crippen molar-refractivity contribution in [1.82, 2.24) is 0 Å². The molecule has 0 bridgehead atoms. The molecule has 0 heterocycles. The molecule has 4 aromatic carbocycles. The van der Waals surface area contributed by atoms with Gasteiger partial charge in [-0.25, -0.2) is 0 Å². The zero-order valence-corrected chi connectivity index (χ0v) is 22.8. The molecular formula is C30H28Cl2NTi. The van der Waals surface area contributed by atoms with Crippen LogP contribution in [0.15, 0.2) is 91.0 Å². The number of nitrogens with zero attached hydrogens (tertiary/aromatic N) is 1. The largest absolute Gasteiger partial charge is 3.00 e. The number of hydrogen-bond acceptors (Lipinski definition) is 0. The van der Waals surface area contributed by atoms with E-state index >= 15 is 0 Å². The van der Waals surface area contributed by atoms with E-state index in [1.54, 1.807) is 0 Å². The molecule has 0 amide bonds. The summed E-state index contributed by atoms with van der Waals surface area (Å²) in [7, 11) is 0. The van der Waals surface area contributed by atoms with Crippen LogP contribution < -0.4 is 24.8 Å². The second kappa shape index (κ2) is 11.7. The Balaban J connectivity index is 0.00000136. The van der Waals surface area contributed by atoms with Crippen molar-refractivity contribution in [2.75, 3.05) is 0 Å². The first-order valence-corrected chi connectivity index (χ1v) is 11.1. The van der Waals surface area contributed by atoms with Gasteiger partial charge in [0.15, 0.2) is 0 Å². The van der Waals surface area contributed by atoms with Crippen LogP contribution in [-0.4, -0.2) is 5.54 Å². The minimum Gasteiger partial charge on any atom is -1.00 e. The van der Waals surface area contributed by atoms with Crippen molar-refractivity contribution in [2.24, 2.45) is 0 Å². The molecule has 0 fully saturated rings. The molecule has 4 aromatic rings. The maximum atomic E-state index is 5.04. The second-order valence-electron chi connectivity index (χ2n) is 9.37. The van der Waals surface area contributed by atoms with Crippen molar-refractivity contribution in [1.29, 1.82) is 0 Å². The Bertz CT molecular complexity index is 1280. The van der Waals surface area contributed by atoms with Gasteiger partial charge in [-0.3, -0.25) is 0 Å². The van der Waals surface area contributed by atoms with E-state index in [2.05, 4.69) is 118 Å². The van der Waals surface area contributed by atoms with Crippen LogP contribution >= 0.6 is 0 Å². The first-order chi connectivity index (χ1) is 15.0. The van der Waals surface area contributed by atoms with Gasteiger partial charge < -0.3 is 30.1 Å². The molecule has 1 nitrogen and oxygen atoms in total. The van der Waals surface area contributed by atoms with E-state index < -0.39 is 0 Å². The van der Waals surface area contributed by atoms with E-state index in [1.165, 1.54) is 44.2 Å². The van der Waals surface area contributed by atoms with E-state index in [1.807, 2.05) is 0 Å². The smallest absolute Gasteiger partial charge is 1.00 e. The third-order valence-corrected chi connectivity index (χ3v) is 6.14. The van der Waals surface area contributed by atoms with Gasteiger partial charge in [0.25, 0.3) is 0 Å². The van der Waals surface area contributed by atoms with Gasteiger partial charge in [0.2, 0.25) is 0 Å². The van der Waals surface area contributed by atoms with Crippen molar-refractivity contribution < 1.29 is 46.5 Å². The van der Waals surface area contributed by atoms with Gasteiger partial charge in [0, 0.05) is 5.92 Å². The first kappa shape index (κ1) is 28.4. The van der Waals surface area contributed by atoms with Crippen LogP contribution in [0.25, 0.3) is 27.7 Å². The van der Waals surface area contributed by atoms with Crippen molar-refractivity contribution in [2.45, 2.75) is 38.8 Å². The van der Waals surface area contributed by atoms with Crippen LogP contribution in [0, 0.1) is 0 Å². The average molecular weight is 521 g/mol. The molecule has 1 atom stereocenters. The predicted molar refractivity (Wildman–Crippen MR) is 133 cm³/mol. The molecule has 0 aliphatic heterocycles. The van der Waals surface area contributed by atoms with Crippen LogP contribution in [0.2, 0.25) is 0 Å². The number of benzene rings is 4. The summed E-state index contributed by atoms with van der Waals surface area (Å²) in [6.07, 6.45) is 2.37. The van der Waals surface area contributed by atoms with Crippen LogP contribution in [0.4, 0.5) is 0 Å². The molecule has 0 saturated carbocycles. The number of halogens is 2. The SMILES string of the molecule is CC(C)(C)[N-]Cc1c(C2C(c3ccccc3)=Cc3ccccc32)ccc2ccccc12.[Cl-].[Cl-].[Ti+3]. The molecule has 4 heteroatoms. The quantitative estimate of drug-likeness (QED) is 0.366. The molecule has 0 aromatic heterocycles. The summed E-state index contributed by atoms with van der Waals surface area (Å²) in [5.41, 5.74) is 8.00. The van der Waals surface area contributed by atoms with E-state index in [0.717, 1.165) is 6.54 Å². The summed E-state index contributed by atoms with van der Waals surface area (Å²) in [4.78, 5) is 0. The summed E-state index contributed by atoms with van der Waals surface area (Å²) in [5.74, 6) is 0.216. The molecule has 171 valence electrons. The predicted octanol–water partition coefficient (Wildman–Crippen LogP) is 2.20. The monoisotopic (exact) mass is 520 g/mol. The molecule has 0 saturated heterocycles. The van der Waals surface area contributed by atoms with Gasteiger partial charge in [0.1, 0.15) is 0 Å². The van der Waals surface area contributed by atoms with Gasteiger partial charge in [-0.05, 0) is 44.7 Å². The van der Waals surface area contributed by atoms with Gasteiger partial charge >= 0.3 is 21.7 Å². The fourth-order valence-corrected chi connectivity index (χ4v) is 4.66. The Morgan fingerprint density at radius 2 is 1.35 bits per heavy atom. The normalized spacial score (nSPS) is 14.3. The number of hydrogen-bond donors (Lipinski definition) is 0. The fraction of sp³-hybridized carbons (Fsp3) is 0.200. The van der Waals surface area contributed by atoms with Crippen LogP contribution in [0.3, 0.4) is 0 Å². The maximum absolute atomic E-state index is 5.04. The van der Waals surface area contributed by atoms with Crippen molar-refractivity contribution in [3.8, 4) is 0 Å². The Morgan fingerprint density at radius 1 is 0.706 bits per heavy atom. The number of allylic oxidation sites excluding steroid dienone is 1. The van der Waals surface area contributed by atoms with E-state index in [4.69, 9.17) is 5.32 Å². The van der Waals surface area contributed by atoms with Crippen molar-refractivity contribution >= 4 is 22.4 Å². The molecule has 0 spiro atoms. The number of rotatable bonds is 4. The fourth-order valence-electron chi connectivity index (χ4n) is 4.66. The molecule has 0 N–H and O–H groups in total. The van der Waals surface area contributed by atoms with Crippen molar-refractivity contribution in [3.63, 3.8) is 0 Å². The van der Waals surface area contributed by atoms with Gasteiger partial charge in [-0.1, -0.05) is 117 Å². The Kier molecular flexibility index (Phi) is 9.77. The van der Waals surface area contributed by atoms with Gasteiger partial charge in [-0.15, -0.1) is 12.1 Å². The third-order valence-electron chi connectivity index (χ3n) is 6.14. The Morgan fingerprint density at radius 3 is 2.09 bits per heavy atom. The Labute approximate surface area is 230 Å². The molecule has 34 heavy (non-hydrogen) atoms. The minimum atomic E-state index is -0.0695. The third kappa shape index (κ3) is 5.68. The van der Waals surface area contributed by atoms with Crippen LogP contribution in [-0.2, 0) is 28.3 Å². The zero-order valence-electron chi connectivity index (χ0n) is 19.7. The summed E-state index contributed by atoms with van der Waals surface area (Å²) in [6, 6.07) is 32.9. The maximum Gasteiger partial charge on any atom is 3.00 e. The van der Waals surface area contributed by atoms with Crippen LogP contribution in [0.1, 0.15) is 54.5 Å². The standard InChI is InChI=1S/C30H28N.2ClH.Ti/c1-30(2,3)31-20-28-24-15-9-7-13-22(24)17-18-26(28)29-25-16-10-8-14-23(25)19-27(29)21-11-5-4-6-12-21;;;/h4-19,29H,20H2,1-3H3;2*1H;/q-1;;;+3/p-2. The topological polar surface area (TPSA) is 14.1 Å². The van der Waals surface area contributed by atoms with Crippen molar-refractivity contribution in [3.05, 3.63) is 124 Å². The molecular weight excluding hydrogens is 493 g/mol. The molecule has 1 aliphatic carbocycles. The molecule has 5 rings (SSSR count). The molecule has 1 radical (unpaired) electrons.